The van der Waals surface area contributed by atoms with E-state index in [1.165, 1.54) is 10.9 Å². The molecule has 1 aromatic heterocycles. The van der Waals surface area contributed by atoms with Crippen LogP contribution in [0.3, 0.4) is 0 Å². The second kappa shape index (κ2) is 5.50. The number of amides is 1. The second-order valence-corrected chi connectivity index (χ2v) is 5.12. The fourth-order valence-electron chi connectivity index (χ4n) is 1.59. The molecule has 0 fully saturated rings. The molecule has 0 unspecified atom stereocenters. The molecule has 5 nitrogen and oxygen atoms in total. The number of hydrogen-bond donors (Lipinski definition) is 2. The van der Waals surface area contributed by atoms with E-state index in [1.807, 2.05) is 6.07 Å². The molecule has 0 radical (unpaired) electrons. The Balaban J connectivity index is 2.32. The molecule has 0 atom stereocenters. The number of aromatic nitrogens is 2. The van der Waals surface area contributed by atoms with Crippen LogP contribution in [0.4, 0.5) is 5.82 Å². The summed E-state index contributed by atoms with van der Waals surface area (Å²) in [4.78, 5) is 12.4. The summed E-state index contributed by atoms with van der Waals surface area (Å²) in [5.41, 5.74) is 6.66. The Hall–Kier alpha value is -1.73. The van der Waals surface area contributed by atoms with E-state index in [1.54, 1.807) is 25.2 Å². The molecule has 19 heavy (non-hydrogen) atoms. The van der Waals surface area contributed by atoms with E-state index in [2.05, 4.69) is 26.3 Å². The number of benzene rings is 1. The first-order chi connectivity index (χ1) is 9.00. The average molecular weight is 339 g/mol. The molecule has 3 N–H and O–H groups in total. The average Bonchev–Trinajstić information content (AvgIpc) is 2.71. The van der Waals surface area contributed by atoms with E-state index in [9.17, 15) is 4.79 Å². The second-order valence-electron chi connectivity index (χ2n) is 3.83. The van der Waals surface area contributed by atoms with Gasteiger partial charge in [0.2, 0.25) is 0 Å². The maximum Gasteiger partial charge on any atom is 0.257 e. The number of carbonyl (C=O) groups is 1. The normalized spacial score (nSPS) is 10.2. The molecule has 1 aromatic carbocycles. The van der Waals surface area contributed by atoms with Gasteiger partial charge in [0.1, 0.15) is 10.8 Å². The Labute approximate surface area is 123 Å². The van der Waals surface area contributed by atoms with Crippen LogP contribution in [0.25, 0.3) is 0 Å². The van der Waals surface area contributed by atoms with Crippen molar-refractivity contribution < 1.29 is 4.79 Å². The number of nitrogens with two attached hydrogens (primary N) is 1. The molecule has 2 aromatic rings. The summed E-state index contributed by atoms with van der Waals surface area (Å²) in [7, 11) is 1.71. The Morgan fingerprint density at radius 1 is 1.42 bits per heavy atom. The molecule has 7 heteroatoms. The highest BCUT2D eigenvalue weighted by Gasteiger charge is 2.16. The van der Waals surface area contributed by atoms with Crippen molar-refractivity contribution in [3.8, 4) is 0 Å². The van der Waals surface area contributed by atoms with E-state index >= 15 is 0 Å². The van der Waals surface area contributed by atoms with Gasteiger partial charge in [0.25, 0.3) is 5.91 Å². The van der Waals surface area contributed by atoms with Crippen molar-refractivity contribution in [3.05, 3.63) is 46.1 Å². The lowest BCUT2D eigenvalue weighted by Crippen LogP contribution is -2.19. The molecular weight excluding hydrogens is 328 g/mol. The number of anilines is 1. The highest BCUT2D eigenvalue weighted by Crippen LogP contribution is 2.19. The predicted molar refractivity (Wildman–Crippen MR) is 81.2 cm³/mol. The smallest absolute Gasteiger partial charge is 0.257 e. The SMILES string of the molecule is Cn1ncc(C(N)=S)c1NC(=O)c1ccccc1Br. The fourth-order valence-corrected chi connectivity index (χ4v) is 2.20. The van der Waals surface area contributed by atoms with Crippen LogP contribution in [0, 0.1) is 0 Å². The van der Waals surface area contributed by atoms with Gasteiger partial charge >= 0.3 is 0 Å². The number of nitrogens with one attached hydrogen (secondary N) is 1. The van der Waals surface area contributed by atoms with Gasteiger partial charge in [-0.3, -0.25) is 9.48 Å². The van der Waals surface area contributed by atoms with Gasteiger partial charge in [0.15, 0.2) is 0 Å². The Bertz CT molecular complexity index is 653. The summed E-state index contributed by atoms with van der Waals surface area (Å²) in [6.45, 7) is 0. The molecule has 98 valence electrons. The molecular formula is C12H11BrN4OS. The van der Waals surface area contributed by atoms with Crippen molar-refractivity contribution >= 4 is 44.9 Å². The molecule has 0 aliphatic heterocycles. The molecule has 0 saturated carbocycles. The minimum atomic E-state index is -0.256. The standard InChI is InChI=1S/C12H11BrN4OS/c1-17-11(8(6-15-17)10(14)19)16-12(18)7-4-2-3-5-9(7)13/h2-6H,1H3,(H2,14,19)(H,16,18). The van der Waals surface area contributed by atoms with Crippen LogP contribution < -0.4 is 11.1 Å². The monoisotopic (exact) mass is 338 g/mol. The molecule has 1 amide bonds. The van der Waals surface area contributed by atoms with Crippen molar-refractivity contribution in [2.75, 3.05) is 5.32 Å². The number of halogens is 1. The summed E-state index contributed by atoms with van der Waals surface area (Å²) in [5, 5.41) is 6.79. The van der Waals surface area contributed by atoms with Gasteiger partial charge in [-0.25, -0.2) is 0 Å². The lowest BCUT2D eigenvalue weighted by molar-refractivity contribution is 0.102. The number of aryl methyl sites for hydroxylation is 1. The lowest BCUT2D eigenvalue weighted by atomic mass is 10.2. The van der Waals surface area contributed by atoms with Gasteiger partial charge in [0, 0.05) is 11.5 Å². The van der Waals surface area contributed by atoms with E-state index in [-0.39, 0.29) is 10.9 Å². The highest BCUT2D eigenvalue weighted by atomic mass is 79.9. The van der Waals surface area contributed by atoms with Crippen molar-refractivity contribution in [1.82, 2.24) is 9.78 Å². The van der Waals surface area contributed by atoms with Crippen LogP contribution in [0.15, 0.2) is 34.9 Å². The molecule has 1 heterocycles. The first-order valence-electron chi connectivity index (χ1n) is 5.38. The largest absolute Gasteiger partial charge is 0.389 e. The maximum absolute atomic E-state index is 12.2. The molecule has 0 aliphatic carbocycles. The first kappa shape index (κ1) is 13.7. The zero-order valence-electron chi connectivity index (χ0n) is 10.1. The van der Waals surface area contributed by atoms with Gasteiger partial charge < -0.3 is 11.1 Å². The summed E-state index contributed by atoms with van der Waals surface area (Å²) >= 11 is 8.26. The van der Waals surface area contributed by atoms with Crippen LogP contribution in [-0.2, 0) is 7.05 Å². The van der Waals surface area contributed by atoms with Gasteiger partial charge in [-0.1, -0.05) is 24.4 Å². The molecule has 0 spiro atoms. The van der Waals surface area contributed by atoms with Crippen LogP contribution in [-0.4, -0.2) is 20.7 Å². The van der Waals surface area contributed by atoms with Gasteiger partial charge in [-0.05, 0) is 28.1 Å². The summed E-state index contributed by atoms with van der Waals surface area (Å²) in [6.07, 6.45) is 1.53. The van der Waals surface area contributed by atoms with E-state index in [0.717, 1.165) is 0 Å². The van der Waals surface area contributed by atoms with Crippen molar-refractivity contribution in [2.45, 2.75) is 0 Å². The maximum atomic E-state index is 12.2. The van der Waals surface area contributed by atoms with Crippen LogP contribution in [0.2, 0.25) is 0 Å². The van der Waals surface area contributed by atoms with Gasteiger partial charge in [-0.2, -0.15) is 5.10 Å². The summed E-state index contributed by atoms with van der Waals surface area (Å²) in [5.74, 6) is 0.224. The Morgan fingerprint density at radius 3 is 2.74 bits per heavy atom. The fraction of sp³-hybridized carbons (Fsp3) is 0.0833. The highest BCUT2D eigenvalue weighted by molar-refractivity contribution is 9.10. The van der Waals surface area contributed by atoms with Crippen molar-refractivity contribution in [2.24, 2.45) is 12.8 Å². The van der Waals surface area contributed by atoms with Crippen molar-refractivity contribution in [1.29, 1.82) is 0 Å². The minimum Gasteiger partial charge on any atom is -0.389 e. The lowest BCUT2D eigenvalue weighted by Gasteiger charge is -2.08. The quantitative estimate of drug-likeness (QED) is 0.840. The number of nitrogens with zero attached hydrogens (tertiary/aromatic N) is 2. The summed E-state index contributed by atoms with van der Waals surface area (Å²) < 4.78 is 2.23. The van der Waals surface area contributed by atoms with Crippen molar-refractivity contribution in [3.63, 3.8) is 0 Å². The van der Waals surface area contributed by atoms with Crippen LogP contribution >= 0.6 is 28.1 Å². The third-order valence-electron chi connectivity index (χ3n) is 2.55. The third-order valence-corrected chi connectivity index (χ3v) is 3.47. The van der Waals surface area contributed by atoms with Crippen LogP contribution in [0.1, 0.15) is 15.9 Å². The number of thiocarbonyl (C=S) groups is 1. The molecule has 0 bridgehead atoms. The zero-order chi connectivity index (χ0) is 14.0. The van der Waals surface area contributed by atoms with E-state index in [0.29, 0.717) is 21.4 Å². The minimum absolute atomic E-state index is 0.190. The summed E-state index contributed by atoms with van der Waals surface area (Å²) in [6, 6.07) is 7.14. The zero-order valence-corrected chi connectivity index (χ0v) is 12.5. The third kappa shape index (κ3) is 2.82. The van der Waals surface area contributed by atoms with Gasteiger partial charge in [-0.15, -0.1) is 0 Å². The van der Waals surface area contributed by atoms with Crippen LogP contribution in [0.5, 0.6) is 0 Å². The Morgan fingerprint density at radius 2 is 2.11 bits per heavy atom. The van der Waals surface area contributed by atoms with Gasteiger partial charge in [0.05, 0.1) is 17.3 Å². The number of carbonyl (C=O) groups excluding carboxylic acids is 1. The first-order valence-corrected chi connectivity index (χ1v) is 6.58. The van der Waals surface area contributed by atoms with E-state index < -0.39 is 0 Å². The predicted octanol–water partition coefficient (Wildman–Crippen LogP) is 2.07. The number of rotatable bonds is 3. The molecule has 0 saturated heterocycles. The van der Waals surface area contributed by atoms with E-state index in [4.69, 9.17) is 18.0 Å². The molecule has 2 rings (SSSR count). The number of hydrogen-bond acceptors (Lipinski definition) is 3. The topological polar surface area (TPSA) is 72.9 Å². The molecule has 0 aliphatic rings. The Kier molecular flexibility index (Phi) is 3.96.